The number of piperidine rings is 1. The summed E-state index contributed by atoms with van der Waals surface area (Å²) in [6.07, 6.45) is 6.84. The standard InChI is InChI=1S/C23H25N5O/c1-17-5-7-18(8-6-17)26-22-16-24-21(15-25-22)23(29)27-19-9-11-20(12-10-19)28-13-3-2-4-14-28/h5-12,15-16H,2-4,13-14H2,1H3,(H,25,26)(H,27,29). The van der Waals surface area contributed by atoms with E-state index in [2.05, 4.69) is 37.6 Å². The van der Waals surface area contributed by atoms with E-state index in [0.717, 1.165) is 24.5 Å². The summed E-state index contributed by atoms with van der Waals surface area (Å²) in [4.78, 5) is 23.4. The molecule has 4 rings (SSSR count). The number of hydrogen-bond donors (Lipinski definition) is 2. The molecule has 1 fully saturated rings. The maximum atomic E-state index is 12.5. The Balaban J connectivity index is 1.36. The summed E-state index contributed by atoms with van der Waals surface area (Å²) in [7, 11) is 0. The zero-order valence-corrected chi connectivity index (χ0v) is 16.6. The molecular weight excluding hydrogens is 362 g/mol. The molecule has 0 unspecified atom stereocenters. The Morgan fingerprint density at radius 3 is 2.21 bits per heavy atom. The second-order valence-electron chi connectivity index (χ2n) is 7.33. The molecule has 29 heavy (non-hydrogen) atoms. The number of carbonyl (C=O) groups is 1. The van der Waals surface area contributed by atoms with Gasteiger partial charge in [-0.15, -0.1) is 0 Å². The first-order valence-electron chi connectivity index (χ1n) is 9.99. The van der Waals surface area contributed by atoms with Crippen LogP contribution in [0.4, 0.5) is 22.9 Å². The second kappa shape index (κ2) is 8.73. The number of amides is 1. The van der Waals surface area contributed by atoms with Crippen LogP contribution in [0, 0.1) is 6.92 Å². The number of carbonyl (C=O) groups excluding carboxylic acids is 1. The number of anilines is 4. The number of nitrogens with zero attached hydrogens (tertiary/aromatic N) is 3. The van der Waals surface area contributed by atoms with E-state index in [1.165, 1.54) is 36.7 Å². The molecule has 0 bridgehead atoms. The number of nitrogens with one attached hydrogen (secondary N) is 2. The zero-order valence-electron chi connectivity index (χ0n) is 16.6. The van der Waals surface area contributed by atoms with Crippen LogP contribution in [-0.4, -0.2) is 29.0 Å². The Kier molecular flexibility index (Phi) is 5.70. The molecule has 1 aromatic heterocycles. The van der Waals surface area contributed by atoms with E-state index < -0.39 is 0 Å². The van der Waals surface area contributed by atoms with Crippen molar-refractivity contribution in [1.29, 1.82) is 0 Å². The lowest BCUT2D eigenvalue weighted by Gasteiger charge is -2.28. The lowest BCUT2D eigenvalue weighted by Crippen LogP contribution is -2.29. The van der Waals surface area contributed by atoms with E-state index in [9.17, 15) is 4.79 Å². The van der Waals surface area contributed by atoms with Gasteiger partial charge in [0.1, 0.15) is 11.5 Å². The summed E-state index contributed by atoms with van der Waals surface area (Å²) < 4.78 is 0. The van der Waals surface area contributed by atoms with Crippen molar-refractivity contribution in [3.05, 3.63) is 72.2 Å². The SMILES string of the molecule is Cc1ccc(Nc2cnc(C(=O)Nc3ccc(N4CCCCC4)cc3)cn2)cc1. The van der Waals surface area contributed by atoms with Gasteiger partial charge in [0.2, 0.25) is 0 Å². The van der Waals surface area contributed by atoms with Crippen LogP contribution in [0.1, 0.15) is 35.3 Å². The van der Waals surface area contributed by atoms with Crippen molar-refractivity contribution in [3.63, 3.8) is 0 Å². The van der Waals surface area contributed by atoms with Gasteiger partial charge >= 0.3 is 0 Å². The fourth-order valence-corrected chi connectivity index (χ4v) is 3.40. The first kappa shape index (κ1) is 18.9. The van der Waals surface area contributed by atoms with Crippen molar-refractivity contribution in [2.45, 2.75) is 26.2 Å². The first-order valence-corrected chi connectivity index (χ1v) is 9.99. The van der Waals surface area contributed by atoms with Crippen LogP contribution in [0.2, 0.25) is 0 Å². The summed E-state index contributed by atoms with van der Waals surface area (Å²) in [6.45, 7) is 4.24. The number of hydrogen-bond acceptors (Lipinski definition) is 5. The minimum atomic E-state index is -0.273. The van der Waals surface area contributed by atoms with Crippen LogP contribution in [0.25, 0.3) is 0 Å². The predicted octanol–water partition coefficient (Wildman–Crippen LogP) is 4.77. The lowest BCUT2D eigenvalue weighted by atomic mass is 10.1. The summed E-state index contributed by atoms with van der Waals surface area (Å²) >= 11 is 0. The van der Waals surface area contributed by atoms with E-state index in [-0.39, 0.29) is 11.6 Å². The van der Waals surface area contributed by atoms with Gasteiger partial charge in [-0.05, 0) is 62.6 Å². The largest absolute Gasteiger partial charge is 0.372 e. The number of aryl methyl sites for hydroxylation is 1. The van der Waals surface area contributed by atoms with Crippen molar-refractivity contribution in [2.24, 2.45) is 0 Å². The number of rotatable bonds is 5. The monoisotopic (exact) mass is 387 g/mol. The van der Waals surface area contributed by atoms with Crippen molar-refractivity contribution in [2.75, 3.05) is 28.6 Å². The highest BCUT2D eigenvalue weighted by Gasteiger charge is 2.12. The Hall–Kier alpha value is -3.41. The van der Waals surface area contributed by atoms with Crippen LogP contribution in [0.15, 0.2) is 60.9 Å². The third-order valence-corrected chi connectivity index (χ3v) is 5.05. The molecule has 2 aromatic carbocycles. The van der Waals surface area contributed by atoms with Gasteiger partial charge in [-0.1, -0.05) is 17.7 Å². The van der Waals surface area contributed by atoms with Gasteiger partial charge < -0.3 is 15.5 Å². The molecule has 0 spiro atoms. The average Bonchev–Trinajstić information content (AvgIpc) is 2.77. The Morgan fingerprint density at radius 2 is 1.55 bits per heavy atom. The van der Waals surface area contributed by atoms with Crippen LogP contribution >= 0.6 is 0 Å². The van der Waals surface area contributed by atoms with E-state index in [4.69, 9.17) is 0 Å². The Labute approximate surface area is 171 Å². The van der Waals surface area contributed by atoms with E-state index >= 15 is 0 Å². The smallest absolute Gasteiger partial charge is 0.275 e. The molecular formula is C23H25N5O. The molecule has 6 nitrogen and oxygen atoms in total. The van der Waals surface area contributed by atoms with Crippen molar-refractivity contribution in [3.8, 4) is 0 Å². The second-order valence-corrected chi connectivity index (χ2v) is 7.33. The van der Waals surface area contributed by atoms with Gasteiger partial charge in [-0.25, -0.2) is 9.97 Å². The molecule has 1 aliphatic rings. The lowest BCUT2D eigenvalue weighted by molar-refractivity contribution is 0.102. The van der Waals surface area contributed by atoms with Crippen LogP contribution < -0.4 is 15.5 Å². The van der Waals surface area contributed by atoms with Gasteiger partial charge in [0.15, 0.2) is 0 Å². The topological polar surface area (TPSA) is 70.2 Å². The van der Waals surface area contributed by atoms with Crippen LogP contribution in [-0.2, 0) is 0 Å². The molecule has 0 aliphatic carbocycles. The maximum Gasteiger partial charge on any atom is 0.275 e. The summed E-state index contributed by atoms with van der Waals surface area (Å²) in [5.41, 5.74) is 4.35. The van der Waals surface area contributed by atoms with Gasteiger partial charge in [-0.3, -0.25) is 4.79 Å². The quantitative estimate of drug-likeness (QED) is 0.660. The molecule has 0 atom stereocenters. The van der Waals surface area contributed by atoms with Crippen molar-refractivity contribution < 1.29 is 4.79 Å². The third kappa shape index (κ3) is 4.90. The third-order valence-electron chi connectivity index (χ3n) is 5.05. The molecule has 1 amide bonds. The molecule has 6 heteroatoms. The minimum absolute atomic E-state index is 0.273. The summed E-state index contributed by atoms with van der Waals surface area (Å²) in [6, 6.07) is 16.0. The Morgan fingerprint density at radius 1 is 0.862 bits per heavy atom. The van der Waals surface area contributed by atoms with Crippen LogP contribution in [0.5, 0.6) is 0 Å². The Bertz CT molecular complexity index is 946. The normalized spacial score (nSPS) is 13.8. The van der Waals surface area contributed by atoms with Gasteiger partial charge in [0.25, 0.3) is 5.91 Å². The fourth-order valence-electron chi connectivity index (χ4n) is 3.40. The average molecular weight is 387 g/mol. The summed E-state index contributed by atoms with van der Waals surface area (Å²) in [5, 5.41) is 6.06. The van der Waals surface area contributed by atoms with E-state index in [1.807, 2.05) is 43.3 Å². The highest BCUT2D eigenvalue weighted by Crippen LogP contribution is 2.22. The van der Waals surface area contributed by atoms with E-state index in [1.54, 1.807) is 6.20 Å². The summed E-state index contributed by atoms with van der Waals surface area (Å²) in [5.74, 6) is 0.321. The minimum Gasteiger partial charge on any atom is -0.372 e. The molecule has 0 radical (unpaired) electrons. The molecule has 1 aliphatic heterocycles. The number of aromatic nitrogens is 2. The number of benzene rings is 2. The fraction of sp³-hybridized carbons (Fsp3) is 0.261. The molecule has 148 valence electrons. The zero-order chi connectivity index (χ0) is 20.1. The molecule has 3 aromatic rings. The first-order chi connectivity index (χ1) is 14.2. The van der Waals surface area contributed by atoms with Crippen molar-refractivity contribution in [1.82, 2.24) is 9.97 Å². The molecule has 2 N–H and O–H groups in total. The molecule has 2 heterocycles. The maximum absolute atomic E-state index is 12.5. The predicted molar refractivity (Wildman–Crippen MR) is 117 cm³/mol. The van der Waals surface area contributed by atoms with Crippen molar-refractivity contribution >= 4 is 28.8 Å². The highest BCUT2D eigenvalue weighted by atomic mass is 16.1. The van der Waals surface area contributed by atoms with Gasteiger partial charge in [-0.2, -0.15) is 0 Å². The molecule has 0 saturated carbocycles. The van der Waals surface area contributed by atoms with E-state index in [0.29, 0.717) is 5.82 Å². The van der Waals surface area contributed by atoms with Gasteiger partial charge in [0.05, 0.1) is 12.4 Å². The van der Waals surface area contributed by atoms with Crippen LogP contribution in [0.3, 0.4) is 0 Å². The van der Waals surface area contributed by atoms with Gasteiger partial charge in [0, 0.05) is 30.2 Å². The highest BCUT2D eigenvalue weighted by molar-refractivity contribution is 6.02. The molecule has 1 saturated heterocycles.